The third kappa shape index (κ3) is 3.24. The molecule has 1 fully saturated rings. The molecular weight excluding hydrogens is 286 g/mol. The van der Waals surface area contributed by atoms with E-state index in [1.807, 2.05) is 60.7 Å². The van der Waals surface area contributed by atoms with Crippen LogP contribution >= 0.6 is 0 Å². The molecule has 0 bridgehead atoms. The number of amides is 1. The first-order valence-corrected chi connectivity index (χ1v) is 7.79. The minimum absolute atomic E-state index is 0.115. The van der Waals surface area contributed by atoms with Gasteiger partial charge in [-0.25, -0.2) is 0 Å². The molecule has 3 rings (SSSR count). The summed E-state index contributed by atoms with van der Waals surface area (Å²) >= 11 is 0. The van der Waals surface area contributed by atoms with E-state index in [2.05, 4.69) is 6.58 Å². The molecule has 23 heavy (non-hydrogen) atoms. The SMILES string of the molecule is C=C(Cc1ccccc1)C(=O)C1CCN(c2ccccc2)C1=O. The van der Waals surface area contributed by atoms with Crippen LogP contribution in [0.5, 0.6) is 0 Å². The Balaban J connectivity index is 1.69. The molecule has 1 aliphatic heterocycles. The molecule has 2 aromatic carbocycles. The van der Waals surface area contributed by atoms with E-state index >= 15 is 0 Å². The fourth-order valence-electron chi connectivity index (χ4n) is 2.96. The van der Waals surface area contributed by atoms with E-state index in [-0.39, 0.29) is 11.7 Å². The zero-order chi connectivity index (χ0) is 16.2. The predicted molar refractivity (Wildman–Crippen MR) is 91.2 cm³/mol. The van der Waals surface area contributed by atoms with E-state index in [4.69, 9.17) is 0 Å². The second-order valence-corrected chi connectivity index (χ2v) is 5.80. The maximum absolute atomic E-state index is 12.6. The molecule has 0 spiro atoms. The average Bonchev–Trinajstić information content (AvgIpc) is 2.97. The van der Waals surface area contributed by atoms with E-state index < -0.39 is 5.92 Å². The number of Topliss-reactive ketones (excluding diaryl/α,β-unsaturated/α-hetero) is 1. The molecule has 3 heteroatoms. The van der Waals surface area contributed by atoms with Gasteiger partial charge in [0.25, 0.3) is 0 Å². The molecule has 2 aromatic rings. The molecule has 116 valence electrons. The molecule has 1 atom stereocenters. The first-order chi connectivity index (χ1) is 11.2. The summed E-state index contributed by atoms with van der Waals surface area (Å²) in [6.45, 7) is 4.49. The van der Waals surface area contributed by atoms with E-state index in [0.29, 0.717) is 25.0 Å². The van der Waals surface area contributed by atoms with Crippen molar-refractivity contribution in [2.75, 3.05) is 11.4 Å². The maximum atomic E-state index is 12.6. The highest BCUT2D eigenvalue weighted by atomic mass is 16.2. The second-order valence-electron chi connectivity index (χ2n) is 5.80. The number of para-hydroxylation sites is 1. The van der Waals surface area contributed by atoms with Gasteiger partial charge >= 0.3 is 0 Å². The van der Waals surface area contributed by atoms with Crippen molar-refractivity contribution in [1.29, 1.82) is 0 Å². The van der Waals surface area contributed by atoms with Crippen LogP contribution in [0.3, 0.4) is 0 Å². The quantitative estimate of drug-likeness (QED) is 0.627. The molecule has 0 N–H and O–H groups in total. The van der Waals surface area contributed by atoms with Crippen LogP contribution in [0.2, 0.25) is 0 Å². The fourth-order valence-corrected chi connectivity index (χ4v) is 2.96. The van der Waals surface area contributed by atoms with Crippen LogP contribution in [-0.2, 0) is 16.0 Å². The molecule has 1 heterocycles. The summed E-state index contributed by atoms with van der Waals surface area (Å²) in [5, 5.41) is 0. The lowest BCUT2D eigenvalue weighted by molar-refractivity contribution is -0.128. The Morgan fingerprint density at radius 2 is 1.65 bits per heavy atom. The summed E-state index contributed by atoms with van der Waals surface area (Å²) in [5.41, 5.74) is 2.39. The number of ketones is 1. The van der Waals surface area contributed by atoms with E-state index in [1.165, 1.54) is 0 Å². The minimum Gasteiger partial charge on any atom is -0.312 e. The van der Waals surface area contributed by atoms with Gasteiger partial charge in [0.15, 0.2) is 5.78 Å². The van der Waals surface area contributed by atoms with Crippen LogP contribution in [0.4, 0.5) is 5.69 Å². The van der Waals surface area contributed by atoms with Gasteiger partial charge in [-0.1, -0.05) is 55.1 Å². The topological polar surface area (TPSA) is 37.4 Å². The highest BCUT2D eigenvalue weighted by Crippen LogP contribution is 2.27. The highest BCUT2D eigenvalue weighted by Gasteiger charge is 2.38. The van der Waals surface area contributed by atoms with Crippen molar-refractivity contribution in [3.63, 3.8) is 0 Å². The second kappa shape index (κ2) is 6.61. The lowest BCUT2D eigenvalue weighted by Gasteiger charge is -2.16. The number of carbonyl (C=O) groups is 2. The lowest BCUT2D eigenvalue weighted by atomic mass is 9.93. The van der Waals surface area contributed by atoms with Crippen LogP contribution < -0.4 is 4.90 Å². The minimum atomic E-state index is -0.591. The maximum Gasteiger partial charge on any atom is 0.237 e. The number of allylic oxidation sites excluding steroid dienone is 1. The predicted octanol–water partition coefficient (Wildman–Crippen LogP) is 3.41. The highest BCUT2D eigenvalue weighted by molar-refractivity contribution is 6.15. The Morgan fingerprint density at radius 3 is 2.30 bits per heavy atom. The van der Waals surface area contributed by atoms with Crippen LogP contribution in [0.1, 0.15) is 12.0 Å². The van der Waals surface area contributed by atoms with Crippen LogP contribution in [0.25, 0.3) is 0 Å². The van der Waals surface area contributed by atoms with Crippen LogP contribution in [-0.4, -0.2) is 18.2 Å². The van der Waals surface area contributed by atoms with E-state index in [0.717, 1.165) is 11.3 Å². The van der Waals surface area contributed by atoms with Crippen molar-refractivity contribution >= 4 is 17.4 Å². The summed E-state index contributed by atoms with van der Waals surface area (Å²) in [4.78, 5) is 26.9. The van der Waals surface area contributed by atoms with Gasteiger partial charge in [-0.3, -0.25) is 9.59 Å². The third-order valence-corrected chi connectivity index (χ3v) is 4.20. The van der Waals surface area contributed by atoms with Crippen molar-refractivity contribution in [2.45, 2.75) is 12.8 Å². The molecule has 0 saturated carbocycles. The number of hydrogen-bond acceptors (Lipinski definition) is 2. The normalized spacial score (nSPS) is 17.3. The summed E-state index contributed by atoms with van der Waals surface area (Å²) in [7, 11) is 0. The number of rotatable bonds is 5. The standard InChI is InChI=1S/C20H19NO2/c1-15(14-16-8-4-2-5-9-16)19(22)18-12-13-21(20(18)23)17-10-6-3-7-11-17/h2-11,18H,1,12-14H2. The van der Waals surface area contributed by atoms with E-state index in [1.54, 1.807) is 4.90 Å². The Bertz CT molecular complexity index is 722. The molecule has 1 unspecified atom stereocenters. The summed E-state index contributed by atoms with van der Waals surface area (Å²) in [6, 6.07) is 19.2. The first-order valence-electron chi connectivity index (χ1n) is 7.79. The van der Waals surface area contributed by atoms with Crippen molar-refractivity contribution in [1.82, 2.24) is 0 Å². The largest absolute Gasteiger partial charge is 0.312 e. The Hall–Kier alpha value is -2.68. The van der Waals surface area contributed by atoms with Gasteiger partial charge in [-0.15, -0.1) is 0 Å². The zero-order valence-corrected chi connectivity index (χ0v) is 12.9. The molecule has 1 amide bonds. The fraction of sp³-hybridized carbons (Fsp3) is 0.200. The van der Waals surface area contributed by atoms with Gasteiger partial charge in [0, 0.05) is 18.7 Å². The molecule has 0 radical (unpaired) electrons. The van der Waals surface area contributed by atoms with Gasteiger partial charge in [-0.2, -0.15) is 0 Å². The molecule has 1 aliphatic rings. The van der Waals surface area contributed by atoms with Gasteiger partial charge in [0.05, 0.1) is 0 Å². The van der Waals surface area contributed by atoms with Crippen molar-refractivity contribution in [3.05, 3.63) is 78.4 Å². The molecule has 1 saturated heterocycles. The first kappa shape index (κ1) is 15.2. The zero-order valence-electron chi connectivity index (χ0n) is 12.9. The molecular formula is C20H19NO2. The molecule has 0 aliphatic carbocycles. The average molecular weight is 305 g/mol. The van der Waals surface area contributed by atoms with Gasteiger partial charge in [0.1, 0.15) is 5.92 Å². The monoisotopic (exact) mass is 305 g/mol. The molecule has 0 aromatic heterocycles. The number of hydrogen-bond donors (Lipinski definition) is 0. The van der Waals surface area contributed by atoms with Crippen molar-refractivity contribution in [3.8, 4) is 0 Å². The number of carbonyl (C=O) groups excluding carboxylic acids is 2. The molecule has 3 nitrogen and oxygen atoms in total. The van der Waals surface area contributed by atoms with Crippen molar-refractivity contribution < 1.29 is 9.59 Å². The number of anilines is 1. The third-order valence-electron chi connectivity index (χ3n) is 4.20. The number of benzene rings is 2. The summed E-state index contributed by atoms with van der Waals surface area (Å²) in [5.74, 6) is -0.834. The van der Waals surface area contributed by atoms with Crippen molar-refractivity contribution in [2.24, 2.45) is 5.92 Å². The Labute approximate surface area is 136 Å². The van der Waals surface area contributed by atoms with Crippen LogP contribution in [0.15, 0.2) is 72.8 Å². The number of nitrogens with zero attached hydrogens (tertiary/aromatic N) is 1. The van der Waals surface area contributed by atoms with Gasteiger partial charge in [-0.05, 0) is 29.7 Å². The van der Waals surface area contributed by atoms with Gasteiger partial charge < -0.3 is 4.90 Å². The Morgan fingerprint density at radius 1 is 1.04 bits per heavy atom. The van der Waals surface area contributed by atoms with E-state index in [9.17, 15) is 9.59 Å². The summed E-state index contributed by atoms with van der Waals surface area (Å²) in [6.07, 6.45) is 1.05. The Kier molecular flexibility index (Phi) is 4.38. The van der Waals surface area contributed by atoms with Crippen LogP contribution in [0, 0.1) is 5.92 Å². The lowest BCUT2D eigenvalue weighted by Crippen LogP contribution is -2.30. The summed E-state index contributed by atoms with van der Waals surface area (Å²) < 4.78 is 0. The smallest absolute Gasteiger partial charge is 0.237 e. The van der Waals surface area contributed by atoms with Gasteiger partial charge in [0.2, 0.25) is 5.91 Å².